The Morgan fingerprint density at radius 3 is 2.88 bits per heavy atom. The predicted octanol–water partition coefficient (Wildman–Crippen LogP) is 0.889. The third-order valence-electron chi connectivity index (χ3n) is 4.91. The largest absolute Gasteiger partial charge is 0.392 e. The quantitative estimate of drug-likeness (QED) is 0.674. The molecular formula is C17H26N4O3S. The van der Waals surface area contributed by atoms with E-state index in [1.165, 1.54) is 0 Å². The van der Waals surface area contributed by atoms with E-state index in [0.717, 1.165) is 18.0 Å². The Morgan fingerprint density at radius 1 is 1.48 bits per heavy atom. The number of piperidine rings is 1. The Hall–Kier alpha value is -1.48. The van der Waals surface area contributed by atoms with E-state index in [1.807, 2.05) is 5.38 Å². The second kappa shape index (κ2) is 7.82. The zero-order valence-corrected chi connectivity index (χ0v) is 15.2. The fraction of sp³-hybridized carbons (Fsp3) is 0.647. The topological polar surface area (TPSA) is 88.9 Å². The average Bonchev–Trinajstić information content (AvgIpc) is 3.23. The normalized spacial score (nSPS) is 23.6. The molecule has 0 spiro atoms. The second-order valence-electron chi connectivity index (χ2n) is 6.80. The predicted molar refractivity (Wildman–Crippen MR) is 96.3 cm³/mol. The summed E-state index contributed by atoms with van der Waals surface area (Å²) in [5.74, 6) is 0. The number of amides is 2. The summed E-state index contributed by atoms with van der Waals surface area (Å²) < 4.78 is 0. The van der Waals surface area contributed by atoms with Crippen LogP contribution in [-0.4, -0.2) is 69.9 Å². The van der Waals surface area contributed by atoms with E-state index in [-0.39, 0.29) is 12.1 Å². The van der Waals surface area contributed by atoms with E-state index >= 15 is 0 Å². The highest BCUT2D eigenvalue weighted by molar-refractivity contribution is 7.09. The molecule has 1 aromatic heterocycles. The molecule has 7 nitrogen and oxygen atoms in total. The number of urea groups is 1. The van der Waals surface area contributed by atoms with Crippen molar-refractivity contribution in [2.45, 2.75) is 37.5 Å². The lowest BCUT2D eigenvalue weighted by Gasteiger charge is -2.37. The van der Waals surface area contributed by atoms with Crippen LogP contribution in [0.3, 0.4) is 0 Å². The summed E-state index contributed by atoms with van der Waals surface area (Å²) in [5.41, 5.74) is -0.257. The van der Waals surface area contributed by atoms with Gasteiger partial charge in [-0.1, -0.05) is 6.08 Å². The number of nitrogens with one attached hydrogen (secondary N) is 1. The molecule has 0 saturated carbocycles. The molecule has 8 heteroatoms. The van der Waals surface area contributed by atoms with Gasteiger partial charge in [0, 0.05) is 38.1 Å². The average molecular weight is 366 g/mol. The number of nitrogens with zero attached hydrogens (tertiary/aromatic N) is 3. The molecule has 0 aliphatic carbocycles. The minimum atomic E-state index is -0.964. The maximum Gasteiger partial charge on any atom is 0.317 e. The number of aliphatic hydroxyl groups is 2. The molecule has 2 aliphatic rings. The molecule has 3 heterocycles. The van der Waals surface area contributed by atoms with Gasteiger partial charge in [-0.15, -0.1) is 17.9 Å². The molecule has 0 aromatic carbocycles. The van der Waals surface area contributed by atoms with E-state index in [0.29, 0.717) is 51.3 Å². The molecule has 1 unspecified atom stereocenters. The number of aromatic nitrogens is 1. The first-order chi connectivity index (χ1) is 12.0. The first kappa shape index (κ1) is 18.3. The summed E-state index contributed by atoms with van der Waals surface area (Å²) in [6, 6.07) is -0.117. The summed E-state index contributed by atoms with van der Waals surface area (Å²) in [5, 5.41) is 26.2. The van der Waals surface area contributed by atoms with Gasteiger partial charge in [0.1, 0.15) is 10.6 Å². The fourth-order valence-corrected chi connectivity index (χ4v) is 4.28. The summed E-state index contributed by atoms with van der Waals surface area (Å²) in [6.07, 6.45) is 3.20. The van der Waals surface area contributed by atoms with Crippen molar-refractivity contribution in [3.8, 4) is 0 Å². The number of likely N-dealkylation sites (tertiary alicyclic amines) is 2. The van der Waals surface area contributed by atoms with Crippen molar-refractivity contribution in [1.82, 2.24) is 20.1 Å². The maximum atomic E-state index is 12.0. The number of carbonyl (C=O) groups is 1. The summed E-state index contributed by atoms with van der Waals surface area (Å²) >= 11 is 1.55. The van der Waals surface area contributed by atoms with Crippen molar-refractivity contribution in [3.63, 3.8) is 0 Å². The molecule has 2 saturated heterocycles. The van der Waals surface area contributed by atoms with Crippen LogP contribution in [0.15, 0.2) is 18.0 Å². The molecule has 25 heavy (non-hydrogen) atoms. The highest BCUT2D eigenvalue weighted by atomic mass is 32.1. The number of thiazole rings is 1. The van der Waals surface area contributed by atoms with Crippen molar-refractivity contribution < 1.29 is 15.0 Å². The summed E-state index contributed by atoms with van der Waals surface area (Å²) in [7, 11) is 0. The zero-order chi connectivity index (χ0) is 17.9. The number of β-amino-alcohol motifs (C(OH)–C–C–N with tert-alkyl or cyclic N) is 1. The molecule has 0 bridgehead atoms. The van der Waals surface area contributed by atoms with E-state index in [1.54, 1.807) is 22.3 Å². The van der Waals surface area contributed by atoms with Crippen LogP contribution >= 0.6 is 11.3 Å². The number of hydrogen-bond acceptors (Lipinski definition) is 6. The van der Waals surface area contributed by atoms with Gasteiger partial charge in [-0.2, -0.15) is 0 Å². The third-order valence-corrected chi connectivity index (χ3v) is 5.74. The minimum Gasteiger partial charge on any atom is -0.392 e. The highest BCUT2D eigenvalue weighted by Gasteiger charge is 2.37. The second-order valence-corrected chi connectivity index (χ2v) is 7.74. The van der Waals surface area contributed by atoms with Crippen LogP contribution in [0, 0.1) is 0 Å². The first-order valence-electron chi connectivity index (χ1n) is 8.71. The van der Waals surface area contributed by atoms with Crippen LogP contribution in [0.1, 0.15) is 30.0 Å². The van der Waals surface area contributed by atoms with Crippen LogP contribution in [0.2, 0.25) is 0 Å². The molecular weight excluding hydrogens is 340 g/mol. The van der Waals surface area contributed by atoms with Gasteiger partial charge in [-0.05, 0) is 19.3 Å². The fourth-order valence-electron chi connectivity index (χ4n) is 3.35. The van der Waals surface area contributed by atoms with E-state index in [2.05, 4.69) is 21.8 Å². The molecule has 3 N–H and O–H groups in total. The Bertz CT molecular complexity index is 613. The summed E-state index contributed by atoms with van der Waals surface area (Å²) in [6.45, 7) is 7.33. The van der Waals surface area contributed by atoms with E-state index in [9.17, 15) is 15.0 Å². The van der Waals surface area contributed by atoms with Crippen LogP contribution in [-0.2, 0) is 12.1 Å². The Labute approximate surface area is 152 Å². The van der Waals surface area contributed by atoms with Gasteiger partial charge in [-0.3, -0.25) is 4.90 Å². The van der Waals surface area contributed by atoms with Crippen LogP contribution < -0.4 is 5.32 Å². The van der Waals surface area contributed by atoms with E-state index in [4.69, 9.17) is 0 Å². The van der Waals surface area contributed by atoms with Crippen molar-refractivity contribution in [2.75, 3.05) is 32.7 Å². The third kappa shape index (κ3) is 4.38. The number of aliphatic hydroxyl groups excluding tert-OH is 1. The number of hydrogen-bond donors (Lipinski definition) is 3. The lowest BCUT2D eigenvalue weighted by Crippen LogP contribution is -2.48. The molecule has 138 valence electrons. The monoisotopic (exact) mass is 366 g/mol. The van der Waals surface area contributed by atoms with Gasteiger partial charge < -0.3 is 20.4 Å². The van der Waals surface area contributed by atoms with Crippen LogP contribution in [0.5, 0.6) is 0 Å². The first-order valence-corrected chi connectivity index (χ1v) is 9.59. The van der Waals surface area contributed by atoms with Crippen molar-refractivity contribution >= 4 is 17.4 Å². The number of carbonyl (C=O) groups excluding carboxylic acids is 1. The molecule has 1 aromatic rings. The molecule has 2 fully saturated rings. The van der Waals surface area contributed by atoms with Crippen LogP contribution in [0.4, 0.5) is 4.79 Å². The standard InChI is InChI=1S/C17H26N4O3S/c1-2-6-18-16(23)21-8-4-17(24,5-9-21)14-12-25-15(19-14)11-20-7-3-13(22)10-20/h2,12-13,22,24H,1,3-11H2,(H,18,23). The smallest absolute Gasteiger partial charge is 0.317 e. The minimum absolute atomic E-state index is 0.117. The van der Waals surface area contributed by atoms with Crippen molar-refractivity contribution in [1.29, 1.82) is 0 Å². The van der Waals surface area contributed by atoms with Gasteiger partial charge in [0.15, 0.2) is 0 Å². The van der Waals surface area contributed by atoms with Gasteiger partial charge in [0.2, 0.25) is 0 Å². The van der Waals surface area contributed by atoms with Crippen molar-refractivity contribution in [2.24, 2.45) is 0 Å². The lowest BCUT2D eigenvalue weighted by atomic mass is 9.89. The molecule has 2 amide bonds. The lowest BCUT2D eigenvalue weighted by molar-refractivity contribution is -0.0199. The molecule has 0 radical (unpaired) electrons. The number of rotatable bonds is 5. The Balaban J connectivity index is 1.55. The SMILES string of the molecule is C=CCNC(=O)N1CCC(O)(c2csc(CN3CCC(O)C3)n2)CC1. The Morgan fingerprint density at radius 2 is 2.24 bits per heavy atom. The maximum absolute atomic E-state index is 12.0. The summed E-state index contributed by atoms with van der Waals surface area (Å²) in [4.78, 5) is 20.5. The Kier molecular flexibility index (Phi) is 5.73. The molecule has 1 atom stereocenters. The molecule has 3 rings (SSSR count). The van der Waals surface area contributed by atoms with Gasteiger partial charge >= 0.3 is 6.03 Å². The van der Waals surface area contributed by atoms with Crippen LogP contribution in [0.25, 0.3) is 0 Å². The van der Waals surface area contributed by atoms with E-state index < -0.39 is 5.60 Å². The molecule has 2 aliphatic heterocycles. The van der Waals surface area contributed by atoms with Crippen molar-refractivity contribution in [3.05, 3.63) is 28.7 Å². The van der Waals surface area contributed by atoms with Gasteiger partial charge in [0.25, 0.3) is 0 Å². The van der Waals surface area contributed by atoms with Gasteiger partial charge in [-0.25, -0.2) is 9.78 Å². The highest BCUT2D eigenvalue weighted by Crippen LogP contribution is 2.33. The zero-order valence-electron chi connectivity index (χ0n) is 14.4. The van der Waals surface area contributed by atoms with Gasteiger partial charge in [0.05, 0.1) is 18.3 Å².